The largest absolute Gasteiger partial charge is 0.508 e. The number of rotatable bonds is 1. The van der Waals surface area contributed by atoms with Crippen molar-refractivity contribution >= 4 is 5.91 Å². The van der Waals surface area contributed by atoms with Crippen molar-refractivity contribution in [1.29, 1.82) is 0 Å². The summed E-state index contributed by atoms with van der Waals surface area (Å²) in [6.07, 6.45) is 0.835. The number of carbonyl (C=O) groups is 1. The van der Waals surface area contributed by atoms with Crippen LogP contribution in [-0.4, -0.2) is 29.0 Å². The molecule has 2 rings (SSSR count). The minimum atomic E-state index is -0.0380. The van der Waals surface area contributed by atoms with E-state index in [0.29, 0.717) is 13.1 Å². The molecule has 0 spiro atoms. The Balaban J connectivity index is 2.22. The van der Waals surface area contributed by atoms with Crippen molar-refractivity contribution in [2.75, 3.05) is 13.1 Å². The smallest absolute Gasteiger partial charge is 0.236 e. The first-order valence-electron chi connectivity index (χ1n) is 4.99. The van der Waals surface area contributed by atoms with Gasteiger partial charge in [0.15, 0.2) is 0 Å². The summed E-state index contributed by atoms with van der Waals surface area (Å²) >= 11 is 0. The molecule has 15 heavy (non-hydrogen) atoms. The quantitative estimate of drug-likeness (QED) is 0.691. The van der Waals surface area contributed by atoms with E-state index in [0.717, 1.165) is 12.0 Å². The first kappa shape index (κ1) is 9.98. The van der Waals surface area contributed by atoms with Gasteiger partial charge >= 0.3 is 0 Å². The Bertz CT molecular complexity index is 390. The van der Waals surface area contributed by atoms with Crippen LogP contribution in [0.3, 0.4) is 0 Å². The van der Waals surface area contributed by atoms with E-state index in [9.17, 15) is 9.90 Å². The fourth-order valence-corrected chi connectivity index (χ4v) is 1.89. The van der Waals surface area contributed by atoms with Gasteiger partial charge in [0, 0.05) is 13.1 Å². The van der Waals surface area contributed by atoms with E-state index >= 15 is 0 Å². The van der Waals surface area contributed by atoms with E-state index in [4.69, 9.17) is 5.73 Å². The highest BCUT2D eigenvalue weighted by atomic mass is 16.3. The van der Waals surface area contributed by atoms with E-state index in [1.54, 1.807) is 17.0 Å². The van der Waals surface area contributed by atoms with Gasteiger partial charge in [0.2, 0.25) is 5.91 Å². The van der Waals surface area contributed by atoms with Gasteiger partial charge in [0.05, 0.1) is 6.54 Å². The van der Waals surface area contributed by atoms with Gasteiger partial charge in [-0.2, -0.15) is 0 Å². The normalized spacial score (nSPS) is 14.9. The predicted octanol–water partition coefficient (Wildman–Crippen LogP) is 0.236. The predicted molar refractivity (Wildman–Crippen MR) is 56.3 cm³/mol. The zero-order valence-electron chi connectivity index (χ0n) is 8.44. The van der Waals surface area contributed by atoms with Crippen molar-refractivity contribution < 1.29 is 9.90 Å². The minimum absolute atomic E-state index is 0.0380. The van der Waals surface area contributed by atoms with Crippen LogP contribution in [0.5, 0.6) is 5.75 Å². The fraction of sp³-hybridized carbons (Fsp3) is 0.364. The number of nitrogens with zero attached hydrogens (tertiary/aromatic N) is 1. The molecule has 1 aromatic carbocycles. The molecule has 1 aliphatic rings. The Labute approximate surface area is 88.3 Å². The molecule has 0 atom stereocenters. The van der Waals surface area contributed by atoms with E-state index in [-0.39, 0.29) is 18.2 Å². The number of hydrogen-bond donors (Lipinski definition) is 2. The summed E-state index contributed by atoms with van der Waals surface area (Å²) in [4.78, 5) is 13.1. The number of benzene rings is 1. The van der Waals surface area contributed by atoms with Gasteiger partial charge in [-0.1, -0.05) is 6.07 Å². The van der Waals surface area contributed by atoms with Crippen LogP contribution in [0.2, 0.25) is 0 Å². The van der Waals surface area contributed by atoms with Crippen LogP contribution in [0.1, 0.15) is 11.1 Å². The SMILES string of the molecule is NCC(=O)N1CCc2ccc(O)cc2C1. The third-order valence-electron chi connectivity index (χ3n) is 2.73. The van der Waals surface area contributed by atoms with Crippen molar-refractivity contribution in [3.8, 4) is 5.75 Å². The third-order valence-corrected chi connectivity index (χ3v) is 2.73. The standard InChI is InChI=1S/C11H14N2O2/c12-6-11(15)13-4-3-8-1-2-10(14)5-9(8)7-13/h1-2,5,14H,3-4,6-7,12H2. The minimum Gasteiger partial charge on any atom is -0.508 e. The Morgan fingerprint density at radius 2 is 2.27 bits per heavy atom. The second-order valence-electron chi connectivity index (χ2n) is 3.72. The van der Waals surface area contributed by atoms with Crippen LogP contribution >= 0.6 is 0 Å². The molecule has 4 heteroatoms. The zero-order chi connectivity index (χ0) is 10.8. The average molecular weight is 206 g/mol. The molecule has 0 fully saturated rings. The summed E-state index contributed by atoms with van der Waals surface area (Å²) < 4.78 is 0. The van der Waals surface area contributed by atoms with Crippen molar-refractivity contribution in [1.82, 2.24) is 4.90 Å². The molecule has 0 saturated heterocycles. The summed E-state index contributed by atoms with van der Waals surface area (Å²) in [6.45, 7) is 1.32. The van der Waals surface area contributed by atoms with E-state index in [1.807, 2.05) is 6.07 Å². The van der Waals surface area contributed by atoms with Gasteiger partial charge in [-0.25, -0.2) is 0 Å². The second kappa shape index (κ2) is 3.90. The first-order valence-corrected chi connectivity index (χ1v) is 4.99. The van der Waals surface area contributed by atoms with Crippen LogP contribution in [-0.2, 0) is 17.8 Å². The number of nitrogens with two attached hydrogens (primary N) is 1. The lowest BCUT2D eigenvalue weighted by atomic mass is 9.99. The number of aromatic hydroxyl groups is 1. The monoisotopic (exact) mass is 206 g/mol. The van der Waals surface area contributed by atoms with Gasteiger partial charge < -0.3 is 15.7 Å². The average Bonchev–Trinajstić information content (AvgIpc) is 2.27. The zero-order valence-corrected chi connectivity index (χ0v) is 8.44. The molecule has 1 aromatic rings. The fourth-order valence-electron chi connectivity index (χ4n) is 1.89. The summed E-state index contributed by atoms with van der Waals surface area (Å²) in [5.41, 5.74) is 7.53. The van der Waals surface area contributed by atoms with Crippen molar-refractivity contribution in [2.45, 2.75) is 13.0 Å². The molecule has 0 unspecified atom stereocenters. The summed E-state index contributed by atoms with van der Waals surface area (Å²) in [5.74, 6) is 0.208. The van der Waals surface area contributed by atoms with Crippen LogP contribution in [0.25, 0.3) is 0 Å². The number of hydrogen-bond acceptors (Lipinski definition) is 3. The molecule has 1 amide bonds. The molecule has 0 aliphatic carbocycles. The topological polar surface area (TPSA) is 66.6 Å². The maximum absolute atomic E-state index is 11.4. The lowest BCUT2D eigenvalue weighted by Crippen LogP contribution is -2.39. The Morgan fingerprint density at radius 1 is 1.47 bits per heavy atom. The van der Waals surface area contributed by atoms with Gasteiger partial charge in [0.25, 0.3) is 0 Å². The van der Waals surface area contributed by atoms with E-state index < -0.39 is 0 Å². The molecule has 1 aliphatic heterocycles. The Hall–Kier alpha value is -1.55. The lowest BCUT2D eigenvalue weighted by molar-refractivity contribution is -0.130. The number of amides is 1. The van der Waals surface area contributed by atoms with Gasteiger partial charge in [0.1, 0.15) is 5.75 Å². The highest BCUT2D eigenvalue weighted by molar-refractivity contribution is 5.78. The highest BCUT2D eigenvalue weighted by Gasteiger charge is 2.19. The van der Waals surface area contributed by atoms with Crippen LogP contribution in [0.15, 0.2) is 18.2 Å². The summed E-state index contributed by atoms with van der Waals surface area (Å²) in [6, 6.07) is 5.31. The molecule has 4 nitrogen and oxygen atoms in total. The van der Waals surface area contributed by atoms with Crippen LogP contribution in [0, 0.1) is 0 Å². The number of phenols is 1. The van der Waals surface area contributed by atoms with Crippen LogP contribution in [0.4, 0.5) is 0 Å². The third kappa shape index (κ3) is 1.94. The number of carbonyl (C=O) groups excluding carboxylic acids is 1. The molecule has 80 valence electrons. The highest BCUT2D eigenvalue weighted by Crippen LogP contribution is 2.22. The van der Waals surface area contributed by atoms with Crippen molar-refractivity contribution in [3.63, 3.8) is 0 Å². The van der Waals surface area contributed by atoms with Crippen molar-refractivity contribution in [2.24, 2.45) is 5.73 Å². The molecule has 0 saturated carbocycles. The summed E-state index contributed by atoms with van der Waals surface area (Å²) in [5, 5.41) is 9.34. The van der Waals surface area contributed by atoms with Crippen LogP contribution < -0.4 is 5.73 Å². The molecule has 0 radical (unpaired) electrons. The van der Waals surface area contributed by atoms with E-state index in [1.165, 1.54) is 5.56 Å². The lowest BCUT2D eigenvalue weighted by Gasteiger charge is -2.28. The Kier molecular flexibility index (Phi) is 2.60. The molecule has 0 aromatic heterocycles. The maximum Gasteiger partial charge on any atom is 0.236 e. The number of fused-ring (bicyclic) bond motifs is 1. The number of phenolic OH excluding ortho intramolecular Hbond substituents is 1. The summed E-state index contributed by atoms with van der Waals surface area (Å²) in [7, 11) is 0. The molecule has 3 N–H and O–H groups in total. The van der Waals surface area contributed by atoms with Gasteiger partial charge in [-0.3, -0.25) is 4.79 Å². The first-order chi connectivity index (χ1) is 7.20. The van der Waals surface area contributed by atoms with Crippen molar-refractivity contribution in [3.05, 3.63) is 29.3 Å². The molecule has 0 bridgehead atoms. The van der Waals surface area contributed by atoms with Gasteiger partial charge in [-0.15, -0.1) is 0 Å². The maximum atomic E-state index is 11.4. The second-order valence-corrected chi connectivity index (χ2v) is 3.72. The van der Waals surface area contributed by atoms with Gasteiger partial charge in [-0.05, 0) is 29.7 Å². The Morgan fingerprint density at radius 3 is 3.00 bits per heavy atom. The van der Waals surface area contributed by atoms with E-state index in [2.05, 4.69) is 0 Å². The molecular formula is C11H14N2O2. The molecular weight excluding hydrogens is 192 g/mol. The molecule has 1 heterocycles.